The molecule has 2 saturated heterocycles. The molecule has 11 heteroatoms. The molecule has 11 nitrogen and oxygen atoms in total. The number of carbonyl (C=O) groups is 3. The van der Waals surface area contributed by atoms with E-state index in [-0.39, 0.29) is 30.0 Å². The van der Waals surface area contributed by atoms with Crippen LogP contribution in [0.3, 0.4) is 0 Å². The molecule has 1 aromatic heterocycles. The third kappa shape index (κ3) is 6.00. The van der Waals surface area contributed by atoms with E-state index in [1.165, 1.54) is 4.90 Å². The van der Waals surface area contributed by atoms with Crippen LogP contribution in [0.25, 0.3) is 11.1 Å². The van der Waals surface area contributed by atoms with Crippen molar-refractivity contribution < 1.29 is 24.2 Å². The Balaban J connectivity index is 1.37. The molecule has 0 saturated carbocycles. The van der Waals surface area contributed by atoms with E-state index in [9.17, 15) is 24.3 Å². The van der Waals surface area contributed by atoms with Gasteiger partial charge in [0.25, 0.3) is 11.5 Å². The van der Waals surface area contributed by atoms with Crippen LogP contribution >= 0.6 is 0 Å². The number of piperidine rings is 1. The summed E-state index contributed by atoms with van der Waals surface area (Å²) in [6, 6.07) is 12.1. The highest BCUT2D eigenvalue weighted by atomic mass is 16.5. The van der Waals surface area contributed by atoms with Gasteiger partial charge in [-0.15, -0.1) is 0 Å². The number of hydrogen-bond donors (Lipinski definition) is 4. The van der Waals surface area contributed by atoms with Crippen LogP contribution in [-0.2, 0) is 21.5 Å². The van der Waals surface area contributed by atoms with Gasteiger partial charge in [0.2, 0.25) is 5.91 Å². The van der Waals surface area contributed by atoms with Gasteiger partial charge in [-0.2, -0.15) is 0 Å². The van der Waals surface area contributed by atoms with E-state index in [4.69, 9.17) is 4.74 Å². The first-order chi connectivity index (χ1) is 22.5. The van der Waals surface area contributed by atoms with Crippen molar-refractivity contribution in [1.29, 1.82) is 0 Å². The highest BCUT2D eigenvalue weighted by Crippen LogP contribution is 2.46. The van der Waals surface area contributed by atoms with E-state index in [0.717, 1.165) is 64.3 Å². The molecule has 3 aliphatic rings. The number of amides is 3. The Labute approximate surface area is 274 Å². The molecule has 0 radical (unpaired) electrons. The van der Waals surface area contributed by atoms with Gasteiger partial charge >= 0.3 is 6.09 Å². The second-order valence-corrected chi connectivity index (χ2v) is 13.0. The number of carboxylic acid groups (broad SMARTS) is 1. The zero-order chi connectivity index (χ0) is 33.5. The molecule has 2 aromatic carbocycles. The predicted octanol–water partition coefficient (Wildman–Crippen LogP) is 4.87. The molecule has 248 valence electrons. The number of nitrogens with one attached hydrogen (secondary N) is 3. The number of aromatic nitrogens is 1. The second kappa shape index (κ2) is 12.9. The van der Waals surface area contributed by atoms with E-state index in [1.807, 2.05) is 51.1 Å². The third-order valence-corrected chi connectivity index (χ3v) is 10.3. The summed E-state index contributed by atoms with van der Waals surface area (Å²) in [5.41, 5.74) is 6.78. The molecule has 4 heterocycles. The van der Waals surface area contributed by atoms with Crippen LogP contribution in [0.15, 0.2) is 41.2 Å². The lowest BCUT2D eigenvalue weighted by atomic mass is 9.73. The van der Waals surface area contributed by atoms with Crippen molar-refractivity contribution in [3.8, 4) is 11.1 Å². The lowest BCUT2D eigenvalue weighted by Crippen LogP contribution is -2.47. The quantitative estimate of drug-likeness (QED) is 0.288. The zero-order valence-corrected chi connectivity index (χ0v) is 27.5. The molecule has 0 atom stereocenters. The first-order valence-electron chi connectivity index (χ1n) is 16.4. The summed E-state index contributed by atoms with van der Waals surface area (Å²) in [4.78, 5) is 58.0. The van der Waals surface area contributed by atoms with Crippen LogP contribution in [-0.4, -0.2) is 71.8 Å². The molecule has 6 rings (SSSR count). The number of benzene rings is 2. The monoisotopic (exact) mass is 641 g/mol. The van der Waals surface area contributed by atoms with Crippen LogP contribution in [0, 0.1) is 20.8 Å². The largest absolute Gasteiger partial charge is 0.465 e. The Morgan fingerprint density at radius 1 is 1.04 bits per heavy atom. The first kappa shape index (κ1) is 32.3. The molecule has 2 fully saturated rings. The summed E-state index contributed by atoms with van der Waals surface area (Å²) >= 11 is 0. The zero-order valence-electron chi connectivity index (χ0n) is 27.5. The maximum Gasteiger partial charge on any atom is 0.407 e. The Kier molecular flexibility index (Phi) is 8.84. The summed E-state index contributed by atoms with van der Waals surface area (Å²) < 4.78 is 5.65. The fraction of sp³-hybridized carbons (Fsp3) is 0.444. The van der Waals surface area contributed by atoms with E-state index in [1.54, 1.807) is 0 Å². The minimum absolute atomic E-state index is 0.0996. The summed E-state index contributed by atoms with van der Waals surface area (Å²) in [6.45, 7) is 10.6. The van der Waals surface area contributed by atoms with Crippen molar-refractivity contribution in [3.63, 3.8) is 0 Å². The summed E-state index contributed by atoms with van der Waals surface area (Å²) in [5, 5.41) is 15.5. The number of aryl methyl sites for hydroxylation is 2. The number of fused-ring (bicyclic) bond motifs is 2. The minimum atomic E-state index is -0.966. The van der Waals surface area contributed by atoms with Gasteiger partial charge in [-0.05, 0) is 105 Å². The van der Waals surface area contributed by atoms with E-state index in [0.29, 0.717) is 50.3 Å². The smallest absolute Gasteiger partial charge is 0.407 e. The van der Waals surface area contributed by atoms with E-state index < -0.39 is 11.5 Å². The molecule has 3 amide bonds. The topological polar surface area (TPSA) is 144 Å². The maximum absolute atomic E-state index is 13.9. The lowest BCUT2D eigenvalue weighted by Gasteiger charge is -2.37. The minimum Gasteiger partial charge on any atom is -0.465 e. The van der Waals surface area contributed by atoms with Gasteiger partial charge < -0.3 is 35.3 Å². The molecule has 47 heavy (non-hydrogen) atoms. The van der Waals surface area contributed by atoms with Crippen molar-refractivity contribution >= 4 is 29.3 Å². The van der Waals surface area contributed by atoms with Crippen molar-refractivity contribution in [2.24, 2.45) is 0 Å². The molecular weight excluding hydrogens is 598 g/mol. The van der Waals surface area contributed by atoms with Gasteiger partial charge in [-0.25, -0.2) is 4.79 Å². The fourth-order valence-corrected chi connectivity index (χ4v) is 7.57. The van der Waals surface area contributed by atoms with Crippen molar-refractivity contribution in [2.75, 3.05) is 43.1 Å². The normalized spacial score (nSPS) is 17.4. The Hall–Kier alpha value is -4.64. The number of ether oxygens (including phenoxy) is 1. The number of anilines is 2. The first-order valence-corrected chi connectivity index (χ1v) is 16.4. The fourth-order valence-electron chi connectivity index (χ4n) is 7.57. The van der Waals surface area contributed by atoms with Crippen molar-refractivity contribution in [1.82, 2.24) is 15.2 Å². The van der Waals surface area contributed by atoms with Gasteiger partial charge in [-0.3, -0.25) is 14.4 Å². The Morgan fingerprint density at radius 2 is 1.77 bits per heavy atom. The van der Waals surface area contributed by atoms with Crippen LogP contribution in [0.2, 0.25) is 0 Å². The molecule has 1 spiro atoms. The van der Waals surface area contributed by atoms with Crippen LogP contribution in [0.4, 0.5) is 16.2 Å². The second-order valence-electron chi connectivity index (χ2n) is 13.0. The standard InChI is InChI=1S/C36H43N5O6/c1-5-41(26-8-14-47-15-9-26)31-19-25(17-27(23(31)4)32(42)37-20-28-21(2)16-22(3)38-33(28)43)24-6-7-29-30(18-24)39-34(44)36(29)10-12-40(13-11-36)35(45)46/h6-7,16-19,26H,5,8-15,20H2,1-4H3,(H,37,42)(H,38,43)(H,39,44)(H,45,46). The van der Waals surface area contributed by atoms with Crippen LogP contribution in [0.1, 0.15) is 70.9 Å². The molecule has 0 unspecified atom stereocenters. The highest BCUT2D eigenvalue weighted by molar-refractivity contribution is 6.07. The molecule has 0 bridgehead atoms. The summed E-state index contributed by atoms with van der Waals surface area (Å²) in [6.07, 6.45) is 1.67. The van der Waals surface area contributed by atoms with E-state index >= 15 is 0 Å². The number of pyridine rings is 1. The van der Waals surface area contributed by atoms with Gasteiger partial charge in [0.05, 0.1) is 5.41 Å². The average Bonchev–Trinajstić information content (AvgIpc) is 3.31. The number of nitrogens with zero attached hydrogens (tertiary/aromatic N) is 2. The summed E-state index contributed by atoms with van der Waals surface area (Å²) in [7, 11) is 0. The van der Waals surface area contributed by atoms with Gasteiger partial charge in [-0.1, -0.05) is 12.1 Å². The SMILES string of the molecule is CCN(c1cc(-c2ccc3c(c2)NC(=O)C32CCN(C(=O)O)CC2)cc(C(=O)NCc2c(C)cc(C)[nH]c2=O)c1C)C1CCOCC1. The number of carbonyl (C=O) groups excluding carboxylic acids is 2. The molecule has 4 N–H and O–H groups in total. The maximum atomic E-state index is 13.9. The van der Waals surface area contributed by atoms with Gasteiger partial charge in [0.15, 0.2) is 0 Å². The number of aromatic amines is 1. The van der Waals surface area contributed by atoms with Crippen LogP contribution in [0.5, 0.6) is 0 Å². The van der Waals surface area contributed by atoms with Crippen molar-refractivity contribution in [3.05, 3.63) is 80.3 Å². The Bertz CT molecular complexity index is 1780. The molecule has 3 aliphatic heterocycles. The highest BCUT2D eigenvalue weighted by Gasteiger charge is 2.49. The molecule has 0 aliphatic carbocycles. The van der Waals surface area contributed by atoms with Gasteiger partial charge in [0, 0.05) is 73.6 Å². The third-order valence-electron chi connectivity index (χ3n) is 10.3. The van der Waals surface area contributed by atoms with Crippen LogP contribution < -0.4 is 21.1 Å². The summed E-state index contributed by atoms with van der Waals surface area (Å²) in [5.74, 6) is -0.371. The number of rotatable bonds is 7. The lowest BCUT2D eigenvalue weighted by molar-refractivity contribution is -0.122. The average molecular weight is 642 g/mol. The number of H-pyrrole nitrogens is 1. The van der Waals surface area contributed by atoms with Crippen molar-refractivity contribution in [2.45, 2.75) is 71.4 Å². The molecular formula is C36H43N5O6. The molecule has 3 aromatic rings. The number of likely N-dealkylation sites (tertiary alicyclic amines) is 1. The number of hydrogen-bond acceptors (Lipinski definition) is 6. The van der Waals surface area contributed by atoms with E-state index in [2.05, 4.69) is 33.5 Å². The predicted molar refractivity (Wildman–Crippen MR) is 180 cm³/mol. The van der Waals surface area contributed by atoms with Gasteiger partial charge in [0.1, 0.15) is 0 Å². The Morgan fingerprint density at radius 3 is 2.43 bits per heavy atom.